The van der Waals surface area contributed by atoms with Gasteiger partial charge in [-0.15, -0.1) is 0 Å². The molecule has 1 unspecified atom stereocenters. The number of hydrogen-bond acceptors (Lipinski definition) is 4. The Hall–Kier alpha value is -1.67. The fraction of sp³-hybridized carbons (Fsp3) is 0.278. The number of halogens is 3. The molecule has 28 heavy (non-hydrogen) atoms. The van der Waals surface area contributed by atoms with Crippen molar-refractivity contribution in [2.45, 2.75) is 13.0 Å². The molecule has 0 spiro atoms. The molecule has 0 saturated heterocycles. The lowest BCUT2D eigenvalue weighted by molar-refractivity contribution is -0.121. The highest BCUT2D eigenvalue weighted by Crippen LogP contribution is 2.32. The Labute approximate surface area is 179 Å². The molecule has 0 heterocycles. The highest BCUT2D eigenvalue weighted by atomic mass is 35.5. The van der Waals surface area contributed by atoms with Gasteiger partial charge in [0.2, 0.25) is 15.9 Å². The molecule has 0 radical (unpaired) electrons. The van der Waals surface area contributed by atoms with Gasteiger partial charge in [0.15, 0.2) is 0 Å². The predicted octanol–water partition coefficient (Wildman–Crippen LogP) is 4.00. The average molecular weight is 466 g/mol. The highest BCUT2D eigenvalue weighted by Gasteiger charge is 2.30. The first-order chi connectivity index (χ1) is 13.1. The van der Waals surface area contributed by atoms with Crippen LogP contribution in [0.2, 0.25) is 15.1 Å². The van der Waals surface area contributed by atoms with Crippen LogP contribution in [0, 0.1) is 0 Å². The van der Waals surface area contributed by atoms with Crippen LogP contribution in [0.15, 0.2) is 42.5 Å². The number of carbonyl (C=O) groups is 1. The van der Waals surface area contributed by atoms with Crippen LogP contribution in [0.25, 0.3) is 0 Å². The third-order valence-corrected chi connectivity index (χ3v) is 5.75. The fourth-order valence-corrected chi connectivity index (χ4v) is 4.19. The SMILES string of the molecule is CC(C(=O)NCCOc1ccc(Cl)cc1)N(c1cc(Cl)ccc1Cl)S(C)(=O)=O. The van der Waals surface area contributed by atoms with Crippen molar-refractivity contribution < 1.29 is 17.9 Å². The smallest absolute Gasteiger partial charge is 0.243 e. The van der Waals surface area contributed by atoms with Gasteiger partial charge in [-0.05, 0) is 49.4 Å². The molecule has 0 aliphatic carbocycles. The molecular formula is C18H19Cl3N2O4S. The maximum absolute atomic E-state index is 12.5. The summed E-state index contributed by atoms with van der Waals surface area (Å²) in [5, 5.41) is 3.71. The molecule has 1 N–H and O–H groups in total. The minimum absolute atomic E-state index is 0.136. The van der Waals surface area contributed by atoms with E-state index in [0.29, 0.717) is 15.8 Å². The van der Waals surface area contributed by atoms with E-state index < -0.39 is 22.0 Å². The number of benzene rings is 2. The molecule has 0 aliphatic heterocycles. The summed E-state index contributed by atoms with van der Waals surface area (Å²) in [5.41, 5.74) is 0.136. The molecule has 1 atom stereocenters. The molecule has 10 heteroatoms. The van der Waals surface area contributed by atoms with E-state index in [1.165, 1.54) is 25.1 Å². The van der Waals surface area contributed by atoms with Gasteiger partial charge in [-0.25, -0.2) is 8.42 Å². The molecule has 2 rings (SSSR count). The third kappa shape index (κ3) is 6.17. The Morgan fingerprint density at radius 2 is 1.71 bits per heavy atom. The van der Waals surface area contributed by atoms with Crippen LogP contribution < -0.4 is 14.4 Å². The normalized spacial score (nSPS) is 12.3. The van der Waals surface area contributed by atoms with Gasteiger partial charge in [0.05, 0.1) is 23.5 Å². The summed E-state index contributed by atoms with van der Waals surface area (Å²) in [7, 11) is -3.79. The summed E-state index contributed by atoms with van der Waals surface area (Å²) in [5.74, 6) is 0.108. The standard InChI is InChI=1S/C18H19Cl3N2O4S/c1-12(18(24)22-9-10-27-15-6-3-13(19)4-7-15)23(28(2,25)26)17-11-14(20)5-8-16(17)21/h3-8,11-12H,9-10H2,1-2H3,(H,22,24). The first-order valence-corrected chi connectivity index (χ1v) is 11.2. The van der Waals surface area contributed by atoms with Crippen molar-refractivity contribution in [2.75, 3.05) is 23.7 Å². The number of hydrogen-bond donors (Lipinski definition) is 1. The molecule has 0 fully saturated rings. The number of sulfonamides is 1. The number of nitrogens with one attached hydrogen (secondary N) is 1. The largest absolute Gasteiger partial charge is 0.492 e. The van der Waals surface area contributed by atoms with E-state index in [1.54, 1.807) is 24.3 Å². The Morgan fingerprint density at radius 1 is 1.11 bits per heavy atom. The molecule has 0 saturated carbocycles. The van der Waals surface area contributed by atoms with E-state index in [1.807, 2.05) is 0 Å². The second-order valence-corrected chi connectivity index (χ2v) is 9.06. The van der Waals surface area contributed by atoms with E-state index in [2.05, 4.69) is 5.32 Å². The van der Waals surface area contributed by atoms with E-state index in [9.17, 15) is 13.2 Å². The number of amides is 1. The Kier molecular flexibility index (Phi) is 7.83. The first kappa shape index (κ1) is 22.6. The first-order valence-electron chi connectivity index (χ1n) is 8.20. The summed E-state index contributed by atoms with van der Waals surface area (Å²) >= 11 is 17.9. The second-order valence-electron chi connectivity index (χ2n) is 5.92. The lowest BCUT2D eigenvalue weighted by Crippen LogP contribution is -2.48. The monoisotopic (exact) mass is 464 g/mol. The number of ether oxygens (including phenoxy) is 1. The van der Waals surface area contributed by atoms with Crippen LogP contribution in [-0.4, -0.2) is 39.8 Å². The maximum Gasteiger partial charge on any atom is 0.243 e. The minimum atomic E-state index is -3.79. The van der Waals surface area contributed by atoms with Crippen molar-refractivity contribution in [3.05, 3.63) is 57.5 Å². The van der Waals surface area contributed by atoms with Crippen molar-refractivity contribution in [2.24, 2.45) is 0 Å². The number of anilines is 1. The van der Waals surface area contributed by atoms with Crippen LogP contribution in [0.4, 0.5) is 5.69 Å². The van der Waals surface area contributed by atoms with Crippen molar-refractivity contribution in [3.63, 3.8) is 0 Å². The molecule has 0 bridgehead atoms. The van der Waals surface area contributed by atoms with Crippen molar-refractivity contribution >= 4 is 56.4 Å². The molecular weight excluding hydrogens is 447 g/mol. The molecule has 0 aromatic heterocycles. The van der Waals surface area contributed by atoms with Gasteiger partial charge in [-0.2, -0.15) is 0 Å². The summed E-state index contributed by atoms with van der Waals surface area (Å²) < 4.78 is 31.0. The molecule has 2 aromatic carbocycles. The Bertz CT molecular complexity index is 936. The molecule has 1 amide bonds. The van der Waals surface area contributed by atoms with Gasteiger partial charge < -0.3 is 10.1 Å². The number of rotatable bonds is 8. The van der Waals surface area contributed by atoms with Crippen molar-refractivity contribution in [3.8, 4) is 5.75 Å². The summed E-state index contributed by atoms with van der Waals surface area (Å²) in [6.45, 7) is 1.86. The fourth-order valence-electron chi connectivity index (χ4n) is 2.46. The van der Waals surface area contributed by atoms with Gasteiger partial charge >= 0.3 is 0 Å². The third-order valence-electron chi connectivity index (χ3n) is 3.72. The number of nitrogens with zero attached hydrogens (tertiary/aromatic N) is 1. The van der Waals surface area contributed by atoms with Crippen LogP contribution in [0.5, 0.6) is 5.75 Å². The second kappa shape index (κ2) is 9.69. The summed E-state index contributed by atoms with van der Waals surface area (Å²) in [6.07, 6.45) is 0.998. The predicted molar refractivity (Wildman–Crippen MR) is 113 cm³/mol. The molecule has 152 valence electrons. The quantitative estimate of drug-likeness (QED) is 0.598. The lowest BCUT2D eigenvalue weighted by Gasteiger charge is -2.29. The summed E-state index contributed by atoms with van der Waals surface area (Å²) in [4.78, 5) is 12.5. The van der Waals surface area contributed by atoms with Crippen LogP contribution in [0.1, 0.15) is 6.92 Å². The van der Waals surface area contributed by atoms with Crippen LogP contribution >= 0.6 is 34.8 Å². The Balaban J connectivity index is 2.03. The van der Waals surface area contributed by atoms with E-state index in [4.69, 9.17) is 39.5 Å². The zero-order valence-electron chi connectivity index (χ0n) is 15.2. The van der Waals surface area contributed by atoms with Gasteiger partial charge in [0.1, 0.15) is 18.4 Å². The van der Waals surface area contributed by atoms with E-state index in [0.717, 1.165) is 10.6 Å². The summed E-state index contributed by atoms with van der Waals surface area (Å²) in [6, 6.07) is 10.2. The van der Waals surface area contributed by atoms with Crippen LogP contribution in [0.3, 0.4) is 0 Å². The lowest BCUT2D eigenvalue weighted by atomic mass is 10.2. The van der Waals surface area contributed by atoms with E-state index >= 15 is 0 Å². The topological polar surface area (TPSA) is 75.7 Å². The Morgan fingerprint density at radius 3 is 2.32 bits per heavy atom. The minimum Gasteiger partial charge on any atom is -0.492 e. The van der Waals surface area contributed by atoms with Gasteiger partial charge in [0.25, 0.3) is 0 Å². The highest BCUT2D eigenvalue weighted by molar-refractivity contribution is 7.92. The number of carbonyl (C=O) groups excluding carboxylic acids is 1. The zero-order valence-corrected chi connectivity index (χ0v) is 18.2. The van der Waals surface area contributed by atoms with Crippen molar-refractivity contribution in [1.82, 2.24) is 5.32 Å². The zero-order chi connectivity index (χ0) is 20.9. The van der Waals surface area contributed by atoms with Gasteiger partial charge in [-0.1, -0.05) is 34.8 Å². The maximum atomic E-state index is 12.5. The molecule has 0 aliphatic rings. The van der Waals surface area contributed by atoms with Gasteiger partial charge in [0, 0.05) is 10.0 Å². The van der Waals surface area contributed by atoms with E-state index in [-0.39, 0.29) is 23.9 Å². The van der Waals surface area contributed by atoms with Crippen LogP contribution in [-0.2, 0) is 14.8 Å². The van der Waals surface area contributed by atoms with Crippen molar-refractivity contribution in [1.29, 1.82) is 0 Å². The molecule has 2 aromatic rings. The average Bonchev–Trinajstić information content (AvgIpc) is 2.62. The molecule has 6 nitrogen and oxygen atoms in total. The van der Waals surface area contributed by atoms with Gasteiger partial charge in [-0.3, -0.25) is 9.10 Å².